The molecule has 1 saturated heterocycles. The maximum atomic E-state index is 10.1. The van der Waals surface area contributed by atoms with Gasteiger partial charge in [0.1, 0.15) is 0 Å². The van der Waals surface area contributed by atoms with Crippen LogP contribution >= 0.6 is 0 Å². The van der Waals surface area contributed by atoms with E-state index in [0.29, 0.717) is 31.3 Å². The number of aryl methyl sites for hydroxylation is 1. The molecule has 0 spiro atoms. The third-order valence-electron chi connectivity index (χ3n) is 3.40. The van der Waals surface area contributed by atoms with E-state index in [-0.39, 0.29) is 6.61 Å². The van der Waals surface area contributed by atoms with Crippen LogP contribution in [0.2, 0.25) is 0 Å². The molecule has 18 heavy (non-hydrogen) atoms. The number of aliphatic hydroxyl groups excluding tert-OH is 1. The van der Waals surface area contributed by atoms with E-state index in [1.165, 1.54) is 0 Å². The molecule has 1 aliphatic heterocycles. The molecule has 0 bridgehead atoms. The van der Waals surface area contributed by atoms with E-state index in [2.05, 4.69) is 17.1 Å². The van der Waals surface area contributed by atoms with Gasteiger partial charge in [0.2, 0.25) is 5.89 Å². The molecule has 1 fully saturated rings. The van der Waals surface area contributed by atoms with E-state index in [4.69, 9.17) is 4.42 Å². The van der Waals surface area contributed by atoms with Crippen LogP contribution in [-0.4, -0.2) is 45.7 Å². The lowest BCUT2D eigenvalue weighted by molar-refractivity contribution is -0.0232. The van der Waals surface area contributed by atoms with Gasteiger partial charge in [-0.2, -0.15) is 0 Å². The highest BCUT2D eigenvalue weighted by atomic mass is 16.4. The van der Waals surface area contributed by atoms with Crippen LogP contribution in [0.15, 0.2) is 4.42 Å². The Hall–Kier alpha value is -1.14. The van der Waals surface area contributed by atoms with Gasteiger partial charge >= 0.3 is 6.01 Å². The first-order valence-corrected chi connectivity index (χ1v) is 6.57. The monoisotopic (exact) mass is 255 g/mol. The maximum Gasteiger partial charge on any atom is 0.318 e. The summed E-state index contributed by atoms with van der Waals surface area (Å²) < 4.78 is 5.58. The number of aliphatic hydroxyl groups is 2. The largest absolute Gasteiger partial charge is 0.408 e. The molecule has 1 aromatic heterocycles. The van der Waals surface area contributed by atoms with Crippen molar-refractivity contribution in [3.05, 3.63) is 5.89 Å². The summed E-state index contributed by atoms with van der Waals surface area (Å²) in [5.41, 5.74) is -0.957. The van der Waals surface area contributed by atoms with Crippen molar-refractivity contribution in [2.75, 3.05) is 24.6 Å². The third kappa shape index (κ3) is 3.00. The second kappa shape index (κ2) is 5.67. The van der Waals surface area contributed by atoms with Gasteiger partial charge in [-0.25, -0.2) is 0 Å². The zero-order chi connectivity index (χ0) is 13.0. The molecule has 1 aliphatic rings. The van der Waals surface area contributed by atoms with Crippen molar-refractivity contribution in [1.29, 1.82) is 0 Å². The molecule has 2 rings (SSSR count). The average molecular weight is 255 g/mol. The number of hydrogen-bond acceptors (Lipinski definition) is 6. The van der Waals surface area contributed by atoms with Crippen molar-refractivity contribution in [2.45, 2.75) is 44.6 Å². The van der Waals surface area contributed by atoms with Gasteiger partial charge in [0, 0.05) is 19.5 Å². The van der Waals surface area contributed by atoms with Gasteiger partial charge in [0.15, 0.2) is 0 Å². The van der Waals surface area contributed by atoms with Crippen LogP contribution in [0, 0.1) is 0 Å². The SMILES string of the molecule is CCCc1nnc(N2CCCC(O)(CO)CC2)o1. The number of hydrogen-bond donors (Lipinski definition) is 2. The van der Waals surface area contributed by atoms with Crippen molar-refractivity contribution in [3.63, 3.8) is 0 Å². The summed E-state index contributed by atoms with van der Waals surface area (Å²) in [5, 5.41) is 27.3. The molecule has 0 amide bonds. The lowest BCUT2D eigenvalue weighted by Gasteiger charge is -2.23. The molecule has 6 nitrogen and oxygen atoms in total. The quantitative estimate of drug-likeness (QED) is 0.825. The third-order valence-corrected chi connectivity index (χ3v) is 3.40. The fourth-order valence-electron chi connectivity index (χ4n) is 2.22. The number of aromatic nitrogens is 2. The Morgan fingerprint density at radius 3 is 2.89 bits per heavy atom. The predicted octanol–water partition coefficient (Wildman–Crippen LogP) is 0.736. The normalized spacial score (nSPS) is 25.2. The molecule has 0 radical (unpaired) electrons. The van der Waals surface area contributed by atoms with Crippen molar-refractivity contribution in [1.82, 2.24) is 10.2 Å². The summed E-state index contributed by atoms with van der Waals surface area (Å²) in [6, 6.07) is 0.528. The molecule has 102 valence electrons. The number of anilines is 1. The topological polar surface area (TPSA) is 82.6 Å². The molecular formula is C12H21N3O3. The van der Waals surface area contributed by atoms with Crippen molar-refractivity contribution < 1.29 is 14.6 Å². The molecule has 1 unspecified atom stereocenters. The smallest absolute Gasteiger partial charge is 0.318 e. The Labute approximate surface area is 107 Å². The summed E-state index contributed by atoms with van der Waals surface area (Å²) in [4.78, 5) is 1.99. The summed E-state index contributed by atoms with van der Waals surface area (Å²) in [5.74, 6) is 0.661. The molecule has 0 saturated carbocycles. The lowest BCUT2D eigenvalue weighted by atomic mass is 9.96. The average Bonchev–Trinajstić information content (AvgIpc) is 2.73. The Balaban J connectivity index is 2.00. The van der Waals surface area contributed by atoms with Gasteiger partial charge < -0.3 is 19.5 Å². The highest BCUT2D eigenvalue weighted by molar-refractivity contribution is 5.24. The van der Waals surface area contributed by atoms with Crippen LogP contribution in [-0.2, 0) is 6.42 Å². The minimum atomic E-state index is -0.957. The van der Waals surface area contributed by atoms with Gasteiger partial charge in [-0.1, -0.05) is 12.0 Å². The van der Waals surface area contributed by atoms with E-state index in [0.717, 1.165) is 25.8 Å². The maximum absolute atomic E-state index is 10.1. The van der Waals surface area contributed by atoms with Gasteiger partial charge in [-0.15, -0.1) is 5.10 Å². The molecule has 0 aromatic carbocycles. The highest BCUT2D eigenvalue weighted by Gasteiger charge is 2.30. The van der Waals surface area contributed by atoms with Gasteiger partial charge in [-0.05, 0) is 25.7 Å². The summed E-state index contributed by atoms with van der Waals surface area (Å²) in [6.45, 7) is 3.28. The van der Waals surface area contributed by atoms with Gasteiger partial charge in [0.05, 0.1) is 12.2 Å². The van der Waals surface area contributed by atoms with E-state index >= 15 is 0 Å². The first kappa shape index (κ1) is 13.3. The van der Waals surface area contributed by atoms with E-state index in [1.54, 1.807) is 0 Å². The van der Waals surface area contributed by atoms with Gasteiger partial charge in [-0.3, -0.25) is 0 Å². The Bertz CT molecular complexity index is 382. The fraction of sp³-hybridized carbons (Fsp3) is 0.833. The molecular weight excluding hydrogens is 234 g/mol. The standard InChI is InChI=1S/C12H21N3O3/c1-2-4-10-13-14-11(18-10)15-7-3-5-12(17,9-16)6-8-15/h16-17H,2-9H2,1H3. The first-order chi connectivity index (χ1) is 8.67. The molecule has 2 N–H and O–H groups in total. The lowest BCUT2D eigenvalue weighted by Crippen LogP contribution is -2.34. The molecule has 6 heteroatoms. The van der Waals surface area contributed by atoms with E-state index in [1.807, 2.05) is 4.90 Å². The summed E-state index contributed by atoms with van der Waals surface area (Å²) >= 11 is 0. The first-order valence-electron chi connectivity index (χ1n) is 6.57. The van der Waals surface area contributed by atoms with E-state index < -0.39 is 5.60 Å². The van der Waals surface area contributed by atoms with Crippen LogP contribution in [0.5, 0.6) is 0 Å². The molecule has 2 heterocycles. The fourth-order valence-corrected chi connectivity index (χ4v) is 2.22. The van der Waals surface area contributed by atoms with Crippen molar-refractivity contribution >= 4 is 6.01 Å². The Morgan fingerprint density at radius 2 is 2.17 bits per heavy atom. The second-order valence-electron chi connectivity index (χ2n) is 4.95. The zero-order valence-corrected chi connectivity index (χ0v) is 10.8. The minimum Gasteiger partial charge on any atom is -0.408 e. The molecule has 1 aromatic rings. The van der Waals surface area contributed by atoms with Crippen LogP contribution < -0.4 is 4.90 Å². The summed E-state index contributed by atoms with van der Waals surface area (Å²) in [7, 11) is 0. The predicted molar refractivity (Wildman–Crippen MR) is 66.4 cm³/mol. The van der Waals surface area contributed by atoms with Crippen LogP contribution in [0.4, 0.5) is 6.01 Å². The van der Waals surface area contributed by atoms with Crippen LogP contribution in [0.25, 0.3) is 0 Å². The molecule has 1 atom stereocenters. The number of nitrogens with zero attached hydrogens (tertiary/aromatic N) is 3. The van der Waals surface area contributed by atoms with Crippen molar-refractivity contribution in [2.24, 2.45) is 0 Å². The van der Waals surface area contributed by atoms with Gasteiger partial charge in [0.25, 0.3) is 0 Å². The zero-order valence-electron chi connectivity index (χ0n) is 10.8. The van der Waals surface area contributed by atoms with Crippen LogP contribution in [0.1, 0.15) is 38.5 Å². The second-order valence-corrected chi connectivity index (χ2v) is 4.95. The summed E-state index contributed by atoms with van der Waals surface area (Å²) in [6.07, 6.45) is 3.71. The van der Waals surface area contributed by atoms with Crippen molar-refractivity contribution in [3.8, 4) is 0 Å². The molecule has 0 aliphatic carbocycles. The minimum absolute atomic E-state index is 0.189. The Kier molecular flexibility index (Phi) is 4.19. The van der Waals surface area contributed by atoms with Crippen LogP contribution in [0.3, 0.4) is 0 Å². The number of rotatable bonds is 4. The van der Waals surface area contributed by atoms with E-state index in [9.17, 15) is 10.2 Å². The highest BCUT2D eigenvalue weighted by Crippen LogP contribution is 2.24. The Morgan fingerprint density at radius 1 is 1.33 bits per heavy atom.